The zero-order valence-electron chi connectivity index (χ0n) is 20.1. The first kappa shape index (κ1) is 21.3. The fourth-order valence-electron chi connectivity index (χ4n) is 4.68. The van der Waals surface area contributed by atoms with Gasteiger partial charge in [0.2, 0.25) is 0 Å². The van der Waals surface area contributed by atoms with Crippen molar-refractivity contribution in [3.63, 3.8) is 0 Å². The highest BCUT2D eigenvalue weighted by Gasteiger charge is 2.47. The monoisotopic (exact) mass is 433 g/mol. The van der Waals surface area contributed by atoms with Crippen LogP contribution in [0.25, 0.3) is 11.1 Å². The van der Waals surface area contributed by atoms with Crippen molar-refractivity contribution < 1.29 is 4.74 Å². The molecule has 33 heavy (non-hydrogen) atoms. The topological polar surface area (TPSA) is 12.5 Å². The molecule has 4 aromatic carbocycles. The van der Waals surface area contributed by atoms with Crippen LogP contribution in [0.3, 0.4) is 0 Å². The van der Waals surface area contributed by atoms with Gasteiger partial charge in [0.05, 0.1) is 0 Å². The molecule has 0 atom stereocenters. The number of hydrogen-bond acceptors (Lipinski definition) is 2. The van der Waals surface area contributed by atoms with Crippen molar-refractivity contribution in [3.8, 4) is 16.9 Å². The lowest BCUT2D eigenvalue weighted by Crippen LogP contribution is -2.41. The van der Waals surface area contributed by atoms with Gasteiger partial charge in [0.25, 0.3) is 0 Å². The first-order valence-corrected chi connectivity index (χ1v) is 11.6. The Morgan fingerprint density at radius 3 is 1.76 bits per heavy atom. The van der Waals surface area contributed by atoms with Gasteiger partial charge in [0, 0.05) is 28.0 Å². The Morgan fingerprint density at radius 2 is 1.18 bits per heavy atom. The number of fused-ring (bicyclic) bond motifs is 1. The summed E-state index contributed by atoms with van der Waals surface area (Å²) < 4.78 is 6.27. The highest BCUT2D eigenvalue weighted by Crippen LogP contribution is 2.50. The van der Waals surface area contributed by atoms with Crippen molar-refractivity contribution in [1.82, 2.24) is 0 Å². The van der Waals surface area contributed by atoms with Gasteiger partial charge in [-0.3, -0.25) is 0 Å². The van der Waals surface area contributed by atoms with Gasteiger partial charge in [0.15, 0.2) is 0 Å². The van der Waals surface area contributed by atoms with E-state index >= 15 is 0 Å². The van der Waals surface area contributed by atoms with Crippen LogP contribution >= 0.6 is 0 Å². The molecule has 0 saturated carbocycles. The third kappa shape index (κ3) is 3.60. The fourth-order valence-corrected chi connectivity index (χ4v) is 4.68. The molecule has 0 bridgehead atoms. The Hall–Kier alpha value is -3.52. The van der Waals surface area contributed by atoms with E-state index < -0.39 is 0 Å². The van der Waals surface area contributed by atoms with Crippen molar-refractivity contribution >= 4 is 17.1 Å². The summed E-state index contributed by atoms with van der Waals surface area (Å²) in [5.74, 6) is 1.00. The molecule has 0 amide bonds. The van der Waals surface area contributed by atoms with Crippen molar-refractivity contribution in [1.29, 1.82) is 0 Å². The molecule has 0 fully saturated rings. The second-order valence-electron chi connectivity index (χ2n) is 9.96. The van der Waals surface area contributed by atoms with E-state index in [0.29, 0.717) is 0 Å². The molecule has 0 unspecified atom stereocenters. The smallest absolute Gasteiger partial charge is 0.124 e. The second kappa shape index (κ2) is 7.81. The molecule has 0 aromatic heterocycles. The molecule has 0 N–H and O–H groups in total. The Morgan fingerprint density at radius 1 is 0.636 bits per heavy atom. The van der Waals surface area contributed by atoms with Crippen molar-refractivity contribution in [2.45, 2.75) is 45.6 Å². The van der Waals surface area contributed by atoms with Gasteiger partial charge in [-0.05, 0) is 86.0 Å². The molecular formula is C31H31NO. The first-order valence-electron chi connectivity index (χ1n) is 11.6. The van der Waals surface area contributed by atoms with E-state index in [2.05, 4.69) is 137 Å². The fraction of sp³-hybridized carbons (Fsp3) is 0.226. The zero-order chi connectivity index (χ0) is 23.2. The third-order valence-corrected chi connectivity index (χ3v) is 7.32. The van der Waals surface area contributed by atoms with Gasteiger partial charge < -0.3 is 9.64 Å². The van der Waals surface area contributed by atoms with Gasteiger partial charge in [0.1, 0.15) is 11.4 Å². The number of rotatable bonds is 4. The Balaban J connectivity index is 1.57. The molecule has 1 heterocycles. The van der Waals surface area contributed by atoms with E-state index in [9.17, 15) is 0 Å². The first-order chi connectivity index (χ1) is 15.8. The molecule has 2 heteroatoms. The number of ether oxygens (including phenoxy) is 1. The predicted molar refractivity (Wildman–Crippen MR) is 139 cm³/mol. The summed E-state index contributed by atoms with van der Waals surface area (Å²) >= 11 is 0. The molecule has 0 aliphatic carbocycles. The Labute approximate surface area is 197 Å². The van der Waals surface area contributed by atoms with Gasteiger partial charge >= 0.3 is 0 Å². The lowest BCUT2D eigenvalue weighted by molar-refractivity contribution is 0.0712. The number of benzene rings is 4. The maximum Gasteiger partial charge on any atom is 0.124 e. The Bertz CT molecular complexity index is 1250. The molecule has 0 spiro atoms. The molecule has 1 aliphatic heterocycles. The summed E-state index contributed by atoms with van der Waals surface area (Å²) in [6.45, 7) is 11.1. The van der Waals surface area contributed by atoms with Crippen LogP contribution in [0.5, 0.6) is 5.75 Å². The van der Waals surface area contributed by atoms with Crippen molar-refractivity contribution in [2.24, 2.45) is 0 Å². The van der Waals surface area contributed by atoms with Crippen LogP contribution in [0.1, 0.15) is 38.8 Å². The largest absolute Gasteiger partial charge is 0.487 e. The van der Waals surface area contributed by atoms with Gasteiger partial charge in [-0.1, -0.05) is 62.4 Å². The quantitative estimate of drug-likeness (QED) is 0.319. The highest BCUT2D eigenvalue weighted by atomic mass is 16.5. The van der Waals surface area contributed by atoms with E-state index in [0.717, 1.165) is 17.1 Å². The highest BCUT2D eigenvalue weighted by molar-refractivity contribution is 5.80. The predicted octanol–water partition coefficient (Wildman–Crippen LogP) is 8.58. The van der Waals surface area contributed by atoms with Crippen LogP contribution in [-0.4, -0.2) is 5.60 Å². The molecule has 5 rings (SSSR count). The van der Waals surface area contributed by atoms with E-state index in [-0.39, 0.29) is 11.0 Å². The second-order valence-corrected chi connectivity index (χ2v) is 9.96. The molecule has 4 aromatic rings. The molecule has 1 aliphatic rings. The number of nitrogens with zero attached hydrogens (tertiary/aromatic N) is 1. The van der Waals surface area contributed by atoms with Gasteiger partial charge in [-0.15, -0.1) is 0 Å². The summed E-state index contributed by atoms with van der Waals surface area (Å²) in [6.07, 6.45) is 0. The van der Waals surface area contributed by atoms with Crippen LogP contribution in [0, 0.1) is 6.92 Å². The van der Waals surface area contributed by atoms with Crippen molar-refractivity contribution in [2.75, 3.05) is 4.90 Å². The SMILES string of the molecule is Cc1cc(-c2ccc3c(c2)C(C)(C)C(C)(C)O3)ccc1N(c1ccccc1)c1ccccc1. The molecule has 2 nitrogen and oxygen atoms in total. The van der Waals surface area contributed by atoms with Gasteiger partial charge in [-0.25, -0.2) is 0 Å². The minimum atomic E-state index is -0.223. The third-order valence-electron chi connectivity index (χ3n) is 7.32. The summed E-state index contributed by atoms with van der Waals surface area (Å²) in [5, 5.41) is 0. The van der Waals surface area contributed by atoms with Crippen LogP contribution in [0.15, 0.2) is 97.1 Å². The normalized spacial score (nSPS) is 15.5. The Kier molecular flexibility index (Phi) is 5.05. The van der Waals surface area contributed by atoms with E-state index in [1.54, 1.807) is 0 Å². The summed E-state index contributed by atoms with van der Waals surface area (Å²) in [7, 11) is 0. The average molecular weight is 434 g/mol. The van der Waals surface area contributed by atoms with Gasteiger partial charge in [-0.2, -0.15) is 0 Å². The summed E-state index contributed by atoms with van der Waals surface area (Å²) in [4.78, 5) is 2.32. The van der Waals surface area contributed by atoms with E-state index in [1.807, 2.05) is 0 Å². The summed E-state index contributed by atoms with van der Waals surface area (Å²) in [6, 6.07) is 34.5. The maximum absolute atomic E-state index is 6.27. The van der Waals surface area contributed by atoms with Crippen molar-refractivity contribution in [3.05, 3.63) is 108 Å². The van der Waals surface area contributed by atoms with Crippen LogP contribution in [-0.2, 0) is 5.41 Å². The lowest BCUT2D eigenvalue weighted by atomic mass is 9.73. The lowest BCUT2D eigenvalue weighted by Gasteiger charge is -2.33. The molecule has 0 saturated heterocycles. The average Bonchev–Trinajstić information content (AvgIpc) is 2.99. The summed E-state index contributed by atoms with van der Waals surface area (Å²) in [5.41, 5.74) is 8.17. The minimum Gasteiger partial charge on any atom is -0.487 e. The minimum absolute atomic E-state index is 0.0508. The standard InChI is InChI=1S/C31H31NO/c1-22-20-23(24-17-19-29-27(21-24)30(2,3)31(4,5)33-29)16-18-28(22)32(25-12-8-6-9-13-25)26-14-10-7-11-15-26/h6-21H,1-5H3. The van der Waals surface area contributed by atoms with E-state index in [4.69, 9.17) is 4.74 Å². The number of para-hydroxylation sites is 2. The maximum atomic E-state index is 6.27. The van der Waals surface area contributed by atoms with Crippen LogP contribution < -0.4 is 9.64 Å². The zero-order valence-corrected chi connectivity index (χ0v) is 20.1. The van der Waals surface area contributed by atoms with Crippen LogP contribution in [0.4, 0.5) is 17.1 Å². The number of anilines is 3. The van der Waals surface area contributed by atoms with E-state index in [1.165, 1.54) is 27.9 Å². The molecule has 166 valence electrons. The molecule has 0 radical (unpaired) electrons. The van der Waals surface area contributed by atoms with Crippen LogP contribution in [0.2, 0.25) is 0 Å². The molecular weight excluding hydrogens is 402 g/mol. The number of aryl methyl sites for hydroxylation is 1. The number of hydrogen-bond donors (Lipinski definition) is 0.